The van der Waals surface area contributed by atoms with Crippen LogP contribution in [-0.4, -0.2) is 36.0 Å². The Kier molecular flexibility index (Phi) is 11.2. The summed E-state index contributed by atoms with van der Waals surface area (Å²) in [6.45, 7) is 7.82. The highest BCUT2D eigenvalue weighted by molar-refractivity contribution is 5.65. The zero-order chi connectivity index (χ0) is 18.5. The number of nitrogens with one attached hydrogen (secondary N) is 4. The van der Waals surface area contributed by atoms with Crippen molar-refractivity contribution in [2.75, 3.05) is 23.7 Å². The number of hydrogen-bond donors (Lipinski definition) is 6. The van der Waals surface area contributed by atoms with Crippen molar-refractivity contribution in [2.24, 2.45) is 0 Å². The number of rotatable bonds is 14. The van der Waals surface area contributed by atoms with Crippen LogP contribution in [0.25, 0.3) is 0 Å². The monoisotopic (exact) mass is 352 g/mol. The fourth-order valence-corrected chi connectivity index (χ4v) is 2.57. The van der Waals surface area contributed by atoms with Crippen molar-refractivity contribution < 1.29 is 10.2 Å². The summed E-state index contributed by atoms with van der Waals surface area (Å²) in [6.07, 6.45) is 5.14. The van der Waals surface area contributed by atoms with Gasteiger partial charge in [0.25, 0.3) is 0 Å². The maximum absolute atomic E-state index is 10.1. The lowest BCUT2D eigenvalue weighted by atomic mass is 10.1. The first-order valence-electron chi connectivity index (χ1n) is 9.54. The van der Waals surface area contributed by atoms with Crippen LogP contribution in [0.15, 0.2) is 18.2 Å². The van der Waals surface area contributed by atoms with Gasteiger partial charge in [0.2, 0.25) is 0 Å². The van der Waals surface area contributed by atoms with Crippen LogP contribution in [-0.2, 0) is 0 Å². The third-order valence-corrected chi connectivity index (χ3v) is 4.15. The van der Waals surface area contributed by atoms with Gasteiger partial charge in [-0.1, -0.05) is 45.6 Å². The van der Waals surface area contributed by atoms with Crippen molar-refractivity contribution in [1.29, 1.82) is 0 Å². The molecular weight excluding hydrogens is 316 g/mol. The molecule has 2 unspecified atom stereocenters. The van der Waals surface area contributed by atoms with Gasteiger partial charge in [0.05, 0.1) is 0 Å². The molecule has 1 rings (SSSR count). The Balaban J connectivity index is 2.48. The molecule has 0 aliphatic heterocycles. The molecule has 6 nitrogen and oxygen atoms in total. The van der Waals surface area contributed by atoms with Crippen molar-refractivity contribution in [3.05, 3.63) is 23.8 Å². The standard InChI is InChI=1S/C19H36N4O2/c1-4-6-8-13-20-18(24)22-16-11-10-12-17(15(16)3)23-19(25)21-14-9-7-5-2/h10-12,18-25H,4-9,13-14H2,1-3H3. The summed E-state index contributed by atoms with van der Waals surface area (Å²) in [7, 11) is 0. The Labute approximate surface area is 152 Å². The average Bonchev–Trinajstić information content (AvgIpc) is 2.59. The quantitative estimate of drug-likeness (QED) is 0.228. The number of anilines is 2. The van der Waals surface area contributed by atoms with E-state index in [4.69, 9.17) is 0 Å². The molecule has 0 saturated carbocycles. The van der Waals surface area contributed by atoms with Gasteiger partial charge in [-0.2, -0.15) is 0 Å². The number of hydrogen-bond acceptors (Lipinski definition) is 6. The highest BCUT2D eigenvalue weighted by atomic mass is 16.3. The molecule has 6 N–H and O–H groups in total. The van der Waals surface area contributed by atoms with Crippen LogP contribution in [0.4, 0.5) is 11.4 Å². The second-order valence-electron chi connectivity index (χ2n) is 6.39. The fraction of sp³-hybridized carbons (Fsp3) is 0.684. The van der Waals surface area contributed by atoms with E-state index in [2.05, 4.69) is 35.1 Å². The van der Waals surface area contributed by atoms with Crippen LogP contribution in [0.5, 0.6) is 0 Å². The van der Waals surface area contributed by atoms with Crippen molar-refractivity contribution in [3.8, 4) is 0 Å². The van der Waals surface area contributed by atoms with E-state index < -0.39 is 12.7 Å². The molecule has 0 fully saturated rings. The topological polar surface area (TPSA) is 88.6 Å². The van der Waals surface area contributed by atoms with Crippen molar-refractivity contribution in [1.82, 2.24) is 10.6 Å². The molecule has 2 atom stereocenters. The molecular formula is C19H36N4O2. The Hall–Kier alpha value is -1.34. The molecule has 0 aliphatic rings. The minimum absolute atomic E-state index is 0.777. The first kappa shape index (κ1) is 21.7. The van der Waals surface area contributed by atoms with Crippen LogP contribution in [0.1, 0.15) is 57.9 Å². The minimum atomic E-state index is -0.789. The molecule has 0 heterocycles. The van der Waals surface area contributed by atoms with Crippen LogP contribution < -0.4 is 21.3 Å². The highest BCUT2D eigenvalue weighted by Gasteiger charge is 2.10. The number of aliphatic hydroxyl groups is 2. The third-order valence-electron chi connectivity index (χ3n) is 4.15. The van der Waals surface area contributed by atoms with Gasteiger partial charge in [0.1, 0.15) is 0 Å². The summed E-state index contributed by atoms with van der Waals surface area (Å²) in [6, 6.07) is 5.72. The summed E-state index contributed by atoms with van der Waals surface area (Å²) >= 11 is 0. The zero-order valence-electron chi connectivity index (χ0n) is 15.9. The van der Waals surface area contributed by atoms with Gasteiger partial charge in [0, 0.05) is 11.4 Å². The van der Waals surface area contributed by atoms with Crippen molar-refractivity contribution in [3.63, 3.8) is 0 Å². The number of unbranched alkanes of at least 4 members (excludes halogenated alkanes) is 4. The first-order valence-corrected chi connectivity index (χ1v) is 9.54. The van der Waals surface area contributed by atoms with Crippen LogP contribution >= 0.6 is 0 Å². The van der Waals surface area contributed by atoms with E-state index in [1.807, 2.05) is 25.1 Å². The molecule has 6 heteroatoms. The van der Waals surface area contributed by atoms with Crippen LogP contribution in [0.3, 0.4) is 0 Å². The van der Waals surface area contributed by atoms with E-state index in [9.17, 15) is 10.2 Å². The van der Waals surface area contributed by atoms with E-state index in [0.717, 1.165) is 68.6 Å². The summed E-state index contributed by atoms with van der Waals surface area (Å²) in [5, 5.41) is 32.4. The van der Waals surface area contributed by atoms with Crippen molar-refractivity contribution in [2.45, 2.75) is 72.0 Å². The van der Waals surface area contributed by atoms with Crippen molar-refractivity contribution >= 4 is 11.4 Å². The maximum atomic E-state index is 10.1. The number of aliphatic hydroxyl groups excluding tert-OH is 2. The predicted molar refractivity (Wildman–Crippen MR) is 105 cm³/mol. The van der Waals surface area contributed by atoms with E-state index in [0.29, 0.717) is 0 Å². The average molecular weight is 353 g/mol. The van der Waals surface area contributed by atoms with Gasteiger partial charge in [-0.3, -0.25) is 10.6 Å². The SMILES string of the molecule is CCCCCNC(O)Nc1cccc(NC(O)NCCCCC)c1C. The first-order chi connectivity index (χ1) is 12.1. The summed E-state index contributed by atoms with van der Waals surface area (Å²) in [5.41, 5.74) is 2.61. The molecule has 1 aromatic rings. The second kappa shape index (κ2) is 12.9. The summed E-state index contributed by atoms with van der Waals surface area (Å²) in [4.78, 5) is 0. The Morgan fingerprint density at radius 2 is 1.24 bits per heavy atom. The molecule has 144 valence electrons. The van der Waals surface area contributed by atoms with Crippen LogP contribution in [0, 0.1) is 6.92 Å². The Morgan fingerprint density at radius 3 is 1.64 bits per heavy atom. The van der Waals surface area contributed by atoms with Gasteiger partial charge >= 0.3 is 0 Å². The summed E-state index contributed by atoms with van der Waals surface area (Å²) in [5.74, 6) is 0. The minimum Gasteiger partial charge on any atom is -0.361 e. The van der Waals surface area contributed by atoms with E-state index in [1.165, 1.54) is 0 Å². The molecule has 0 saturated heterocycles. The molecule has 25 heavy (non-hydrogen) atoms. The second-order valence-corrected chi connectivity index (χ2v) is 6.39. The molecule has 1 aromatic carbocycles. The summed E-state index contributed by atoms with van der Waals surface area (Å²) < 4.78 is 0. The van der Waals surface area contributed by atoms with Gasteiger partial charge < -0.3 is 20.8 Å². The third kappa shape index (κ3) is 9.07. The molecule has 0 amide bonds. The van der Waals surface area contributed by atoms with Gasteiger partial charge in [0.15, 0.2) is 12.7 Å². The lowest BCUT2D eigenvalue weighted by Crippen LogP contribution is -2.37. The van der Waals surface area contributed by atoms with E-state index in [1.54, 1.807) is 0 Å². The van der Waals surface area contributed by atoms with Gasteiger partial charge in [-0.15, -0.1) is 0 Å². The molecule has 0 aliphatic carbocycles. The maximum Gasteiger partial charge on any atom is 0.181 e. The molecule has 0 aromatic heterocycles. The lowest BCUT2D eigenvalue weighted by molar-refractivity contribution is 0.164. The van der Waals surface area contributed by atoms with Crippen LogP contribution in [0.2, 0.25) is 0 Å². The molecule has 0 bridgehead atoms. The highest BCUT2D eigenvalue weighted by Crippen LogP contribution is 2.23. The Bertz CT molecular complexity index is 432. The van der Waals surface area contributed by atoms with Gasteiger partial charge in [-0.25, -0.2) is 0 Å². The predicted octanol–water partition coefficient (Wildman–Crippen LogP) is 2.93. The van der Waals surface area contributed by atoms with E-state index >= 15 is 0 Å². The number of benzene rings is 1. The Morgan fingerprint density at radius 1 is 0.800 bits per heavy atom. The van der Waals surface area contributed by atoms with Gasteiger partial charge in [-0.05, 0) is 50.6 Å². The molecule has 0 spiro atoms. The fourth-order valence-electron chi connectivity index (χ4n) is 2.57. The lowest BCUT2D eigenvalue weighted by Gasteiger charge is -2.21. The largest absolute Gasteiger partial charge is 0.361 e. The zero-order valence-corrected chi connectivity index (χ0v) is 15.9. The normalized spacial score (nSPS) is 13.5. The smallest absolute Gasteiger partial charge is 0.181 e. The molecule has 0 radical (unpaired) electrons. The van der Waals surface area contributed by atoms with E-state index in [-0.39, 0.29) is 0 Å².